The van der Waals surface area contributed by atoms with Crippen LogP contribution in [-0.2, 0) is 0 Å². The van der Waals surface area contributed by atoms with Crippen LogP contribution in [-0.4, -0.2) is 23.1 Å². The van der Waals surface area contributed by atoms with Crippen LogP contribution < -0.4 is 0 Å². The third-order valence-electron chi connectivity index (χ3n) is 0.816. The summed E-state index contributed by atoms with van der Waals surface area (Å²) in [6.07, 6.45) is 6.64. The van der Waals surface area contributed by atoms with Gasteiger partial charge in [-0.25, -0.2) is 0 Å². The summed E-state index contributed by atoms with van der Waals surface area (Å²) in [6.45, 7) is 8.36. The monoisotopic (exact) mass is 138 g/mol. The first-order valence-corrected chi connectivity index (χ1v) is 3.39. The van der Waals surface area contributed by atoms with Crippen LogP contribution in [0.5, 0.6) is 0 Å². The van der Waals surface area contributed by atoms with Gasteiger partial charge < -0.3 is 12.8 Å². The van der Waals surface area contributed by atoms with Gasteiger partial charge in [0.1, 0.15) is 0 Å². The summed E-state index contributed by atoms with van der Waals surface area (Å²) in [5.41, 5.74) is 0. The van der Waals surface area contributed by atoms with Gasteiger partial charge in [0, 0.05) is 0 Å². The summed E-state index contributed by atoms with van der Waals surface area (Å²) in [5, 5.41) is 0. The van der Waals surface area contributed by atoms with E-state index in [4.69, 9.17) is 0 Å². The Morgan fingerprint density at radius 2 is 1.00 bits per heavy atom. The molecular formula is C8H18Mg. The molecule has 0 saturated carbocycles. The van der Waals surface area contributed by atoms with Crippen molar-refractivity contribution in [2.24, 2.45) is 0 Å². The quantitative estimate of drug-likeness (QED) is 0.407. The standard InChI is InChI=1S/2C4H9.Mg/c2*1-3-4-2;/h2*3H,4H2,1-2H3;/q2*-1;+2. The fraction of sp³-hybridized carbons (Fsp3) is 0.750. The Morgan fingerprint density at radius 3 is 1.00 bits per heavy atom. The minimum atomic E-state index is 0. The van der Waals surface area contributed by atoms with Gasteiger partial charge in [0.05, 0.1) is 0 Å². The Balaban J connectivity index is -0.0000000720. The van der Waals surface area contributed by atoms with Crippen LogP contribution in [0, 0.1) is 12.8 Å². The molecular weight excluding hydrogens is 120 g/mol. The molecule has 0 fully saturated rings. The molecule has 52 valence electrons. The van der Waals surface area contributed by atoms with Crippen LogP contribution in [0.15, 0.2) is 0 Å². The van der Waals surface area contributed by atoms with Gasteiger partial charge in [0.2, 0.25) is 0 Å². The molecule has 0 spiro atoms. The molecule has 0 atom stereocenters. The van der Waals surface area contributed by atoms with Crippen molar-refractivity contribution in [1.82, 2.24) is 0 Å². The van der Waals surface area contributed by atoms with Crippen LogP contribution in [0.1, 0.15) is 40.5 Å². The Morgan fingerprint density at radius 1 is 0.889 bits per heavy atom. The zero-order chi connectivity index (χ0) is 6.83. The van der Waals surface area contributed by atoms with E-state index in [1.54, 1.807) is 0 Å². The van der Waals surface area contributed by atoms with Crippen molar-refractivity contribution in [2.75, 3.05) is 0 Å². The second-order valence-corrected chi connectivity index (χ2v) is 1.63. The largest absolute Gasteiger partial charge is 2.00 e. The molecule has 9 heavy (non-hydrogen) atoms. The minimum absolute atomic E-state index is 0. The second kappa shape index (κ2) is 23.3. The molecule has 0 N–H and O–H groups in total. The maximum absolute atomic E-state index is 2.12. The zero-order valence-corrected chi connectivity index (χ0v) is 8.69. The van der Waals surface area contributed by atoms with Crippen LogP contribution in [0.25, 0.3) is 0 Å². The van der Waals surface area contributed by atoms with E-state index in [0.717, 1.165) is 0 Å². The van der Waals surface area contributed by atoms with Crippen molar-refractivity contribution in [2.45, 2.75) is 40.5 Å². The minimum Gasteiger partial charge on any atom is -0.332 e. The van der Waals surface area contributed by atoms with Gasteiger partial charge in [-0.1, -0.05) is 13.8 Å². The molecule has 0 aliphatic rings. The smallest absolute Gasteiger partial charge is 0.332 e. The molecule has 0 aromatic heterocycles. The third kappa shape index (κ3) is 52.4. The molecule has 0 rings (SSSR count). The summed E-state index contributed by atoms with van der Waals surface area (Å²) < 4.78 is 0. The van der Waals surface area contributed by atoms with E-state index in [9.17, 15) is 0 Å². The SMILES string of the molecule is C[CH-]CC.C[CH-]CC.[Mg+2]. The summed E-state index contributed by atoms with van der Waals surface area (Å²) >= 11 is 0. The van der Waals surface area contributed by atoms with Crippen molar-refractivity contribution < 1.29 is 0 Å². The van der Waals surface area contributed by atoms with Gasteiger partial charge >= 0.3 is 23.1 Å². The van der Waals surface area contributed by atoms with Gasteiger partial charge in [-0.05, 0) is 0 Å². The predicted octanol–water partition coefficient (Wildman–Crippen LogP) is 2.86. The van der Waals surface area contributed by atoms with Crippen molar-refractivity contribution in [3.8, 4) is 0 Å². The van der Waals surface area contributed by atoms with E-state index < -0.39 is 0 Å². The van der Waals surface area contributed by atoms with E-state index in [1.807, 2.05) is 0 Å². The van der Waals surface area contributed by atoms with Gasteiger partial charge in [0.15, 0.2) is 0 Å². The molecule has 0 heterocycles. The Bertz CT molecular complexity index is 12.5. The normalized spacial score (nSPS) is 6.67. The van der Waals surface area contributed by atoms with Crippen LogP contribution in [0.3, 0.4) is 0 Å². The molecule has 0 bridgehead atoms. The zero-order valence-electron chi connectivity index (χ0n) is 7.28. The Kier molecular flexibility index (Phi) is 42.4. The second-order valence-electron chi connectivity index (χ2n) is 1.63. The molecule has 1 heteroatoms. The fourth-order valence-electron chi connectivity index (χ4n) is 0. The molecule has 0 aromatic carbocycles. The topological polar surface area (TPSA) is 0 Å². The van der Waals surface area contributed by atoms with E-state index >= 15 is 0 Å². The molecule has 0 aromatic rings. The Hall–Kier alpha value is 0.766. The van der Waals surface area contributed by atoms with E-state index in [-0.39, 0.29) is 23.1 Å². The summed E-state index contributed by atoms with van der Waals surface area (Å²) in [7, 11) is 0. The number of hydrogen-bond donors (Lipinski definition) is 0. The fourth-order valence-corrected chi connectivity index (χ4v) is 0. The Labute approximate surface area is 76.6 Å². The number of unbranched alkanes of at least 4 members (excludes halogenated alkanes) is 2. The van der Waals surface area contributed by atoms with Crippen molar-refractivity contribution in [3.05, 3.63) is 12.8 Å². The van der Waals surface area contributed by atoms with Crippen LogP contribution >= 0.6 is 0 Å². The summed E-state index contributed by atoms with van der Waals surface area (Å²) in [6, 6.07) is 0. The molecule has 0 aliphatic heterocycles. The first-order valence-electron chi connectivity index (χ1n) is 3.39. The van der Waals surface area contributed by atoms with Gasteiger partial charge in [0.25, 0.3) is 0 Å². The van der Waals surface area contributed by atoms with E-state index in [1.165, 1.54) is 12.8 Å². The van der Waals surface area contributed by atoms with Gasteiger partial charge in [-0.3, -0.25) is 0 Å². The average molecular weight is 139 g/mol. The number of rotatable bonds is 2. The molecule has 0 aliphatic carbocycles. The van der Waals surface area contributed by atoms with Crippen molar-refractivity contribution in [3.63, 3.8) is 0 Å². The molecule has 0 radical (unpaired) electrons. The molecule has 0 nitrogen and oxygen atoms in total. The van der Waals surface area contributed by atoms with Crippen LogP contribution in [0.2, 0.25) is 0 Å². The van der Waals surface area contributed by atoms with Gasteiger partial charge in [-0.15, -0.1) is 0 Å². The molecule has 0 saturated heterocycles. The van der Waals surface area contributed by atoms with E-state index in [0.29, 0.717) is 0 Å². The first-order chi connectivity index (χ1) is 3.83. The summed E-state index contributed by atoms with van der Waals surface area (Å²) in [5.74, 6) is 0. The average Bonchev–Trinajstić information content (AvgIpc) is 1.88. The maximum Gasteiger partial charge on any atom is 2.00 e. The maximum atomic E-state index is 2.12. The van der Waals surface area contributed by atoms with Gasteiger partial charge in [-0.2, -0.15) is 26.7 Å². The summed E-state index contributed by atoms with van der Waals surface area (Å²) in [4.78, 5) is 0. The van der Waals surface area contributed by atoms with Crippen molar-refractivity contribution in [1.29, 1.82) is 0 Å². The molecule has 0 unspecified atom stereocenters. The van der Waals surface area contributed by atoms with Crippen molar-refractivity contribution >= 4 is 23.1 Å². The van der Waals surface area contributed by atoms with Crippen LogP contribution in [0.4, 0.5) is 0 Å². The first kappa shape index (κ1) is 16.4. The number of hydrogen-bond acceptors (Lipinski definition) is 0. The predicted molar refractivity (Wildman–Crippen MR) is 46.3 cm³/mol. The molecule has 0 amide bonds. The third-order valence-corrected chi connectivity index (χ3v) is 0.816. The van der Waals surface area contributed by atoms with E-state index in [2.05, 4.69) is 40.5 Å².